The fraction of sp³-hybridized carbons (Fsp3) is 0.500. The molecule has 1 aliphatic carbocycles. The molecular weight excluding hydrogens is 238 g/mol. The maximum absolute atomic E-state index is 5.87. The molecule has 1 aliphatic rings. The molecule has 19 heavy (non-hydrogen) atoms. The number of nitrogens with one attached hydrogen (secondary N) is 1. The van der Waals surface area contributed by atoms with E-state index >= 15 is 0 Å². The van der Waals surface area contributed by atoms with Crippen LogP contribution in [-0.4, -0.2) is 19.8 Å². The van der Waals surface area contributed by atoms with Crippen LogP contribution in [0.4, 0.5) is 0 Å². The molecule has 1 aromatic carbocycles. The fourth-order valence-corrected chi connectivity index (χ4v) is 1.89. The summed E-state index contributed by atoms with van der Waals surface area (Å²) in [5, 5.41) is 3.52. The van der Waals surface area contributed by atoms with Gasteiger partial charge in [0.25, 0.3) is 0 Å². The third-order valence-electron chi connectivity index (χ3n) is 3.24. The Morgan fingerprint density at radius 3 is 2.95 bits per heavy atom. The number of unbranched alkanes of at least 4 members (excludes halogenated alkanes) is 1. The van der Waals surface area contributed by atoms with Crippen LogP contribution >= 0.6 is 0 Å². The molecule has 0 amide bonds. The highest BCUT2D eigenvalue weighted by Crippen LogP contribution is 2.26. The molecule has 1 fully saturated rings. The van der Waals surface area contributed by atoms with E-state index in [2.05, 4.69) is 18.0 Å². The fourth-order valence-electron chi connectivity index (χ4n) is 1.89. The normalized spacial score (nSPS) is 14.2. The van der Waals surface area contributed by atoms with Crippen molar-refractivity contribution in [3.63, 3.8) is 0 Å². The monoisotopic (exact) mass is 261 g/mol. The first-order valence-electron chi connectivity index (χ1n) is 6.97. The number of rotatable bonds is 9. The van der Waals surface area contributed by atoms with Gasteiger partial charge in [-0.05, 0) is 31.7 Å². The van der Waals surface area contributed by atoms with Gasteiger partial charge in [-0.1, -0.05) is 12.1 Å². The van der Waals surface area contributed by atoms with Crippen LogP contribution in [0.5, 0.6) is 11.5 Å². The molecule has 1 aromatic rings. The summed E-state index contributed by atoms with van der Waals surface area (Å²) in [4.78, 5) is 0. The Morgan fingerprint density at radius 1 is 1.42 bits per heavy atom. The number of methoxy groups -OCH3 is 1. The zero-order valence-corrected chi connectivity index (χ0v) is 11.7. The quantitative estimate of drug-likeness (QED) is 0.546. The third-order valence-corrected chi connectivity index (χ3v) is 3.24. The van der Waals surface area contributed by atoms with Crippen LogP contribution in [0.1, 0.15) is 31.2 Å². The molecule has 0 spiro atoms. The molecule has 0 unspecified atom stereocenters. The van der Waals surface area contributed by atoms with Crippen LogP contribution < -0.4 is 14.8 Å². The molecule has 1 saturated carbocycles. The van der Waals surface area contributed by atoms with Gasteiger partial charge in [-0.15, -0.1) is 6.58 Å². The molecule has 0 aliphatic heterocycles. The van der Waals surface area contributed by atoms with E-state index in [9.17, 15) is 0 Å². The van der Waals surface area contributed by atoms with E-state index in [1.807, 2.05) is 18.2 Å². The van der Waals surface area contributed by atoms with Crippen molar-refractivity contribution in [3.05, 3.63) is 36.4 Å². The maximum Gasteiger partial charge on any atom is 0.127 e. The smallest absolute Gasteiger partial charge is 0.127 e. The number of hydrogen-bond donors (Lipinski definition) is 1. The third kappa shape index (κ3) is 4.60. The minimum Gasteiger partial charge on any atom is -0.497 e. The second-order valence-corrected chi connectivity index (χ2v) is 4.91. The molecular formula is C16H23NO2. The highest BCUT2D eigenvalue weighted by Gasteiger charge is 2.20. The molecule has 3 nitrogen and oxygen atoms in total. The molecule has 0 radical (unpaired) electrons. The average Bonchev–Trinajstić information content (AvgIpc) is 3.26. The minimum atomic E-state index is 0.704. The number of hydrogen-bond acceptors (Lipinski definition) is 3. The van der Waals surface area contributed by atoms with E-state index in [-0.39, 0.29) is 0 Å². The van der Waals surface area contributed by atoms with Gasteiger partial charge in [0, 0.05) is 24.2 Å². The Balaban J connectivity index is 1.95. The van der Waals surface area contributed by atoms with Gasteiger partial charge in [-0.3, -0.25) is 0 Å². The lowest BCUT2D eigenvalue weighted by atomic mass is 10.2. The topological polar surface area (TPSA) is 30.5 Å². The van der Waals surface area contributed by atoms with Crippen molar-refractivity contribution in [2.45, 2.75) is 38.3 Å². The van der Waals surface area contributed by atoms with Crippen LogP contribution in [0.3, 0.4) is 0 Å². The second-order valence-electron chi connectivity index (χ2n) is 4.91. The van der Waals surface area contributed by atoms with Crippen LogP contribution in [-0.2, 0) is 6.54 Å². The van der Waals surface area contributed by atoms with E-state index in [0.29, 0.717) is 6.04 Å². The molecule has 3 heteroatoms. The standard InChI is InChI=1S/C16H23NO2/c1-3-4-5-10-19-16-11-15(18-2)9-6-13(16)12-17-14-7-8-14/h3,6,9,11,14,17H,1,4-5,7-8,10,12H2,2H3. The Hall–Kier alpha value is -1.48. The summed E-state index contributed by atoms with van der Waals surface area (Å²) in [5.74, 6) is 1.77. The summed E-state index contributed by atoms with van der Waals surface area (Å²) in [6.07, 6.45) is 6.50. The van der Waals surface area contributed by atoms with Gasteiger partial charge in [-0.25, -0.2) is 0 Å². The Bertz CT molecular complexity index is 413. The van der Waals surface area contributed by atoms with E-state index in [4.69, 9.17) is 9.47 Å². The number of allylic oxidation sites excluding steroid dienone is 1. The van der Waals surface area contributed by atoms with Crippen molar-refractivity contribution < 1.29 is 9.47 Å². The van der Waals surface area contributed by atoms with Crippen LogP contribution in [0, 0.1) is 0 Å². The zero-order chi connectivity index (χ0) is 13.5. The highest BCUT2D eigenvalue weighted by atomic mass is 16.5. The number of ether oxygens (including phenoxy) is 2. The van der Waals surface area contributed by atoms with Crippen LogP contribution in [0.15, 0.2) is 30.9 Å². The average molecular weight is 261 g/mol. The van der Waals surface area contributed by atoms with Gasteiger partial charge in [0.1, 0.15) is 11.5 Å². The van der Waals surface area contributed by atoms with Crippen molar-refractivity contribution in [1.29, 1.82) is 0 Å². The second kappa shape index (κ2) is 7.19. The molecule has 2 rings (SSSR count). The predicted molar refractivity (Wildman–Crippen MR) is 77.8 cm³/mol. The van der Waals surface area contributed by atoms with E-state index < -0.39 is 0 Å². The van der Waals surface area contributed by atoms with Gasteiger partial charge in [-0.2, -0.15) is 0 Å². The van der Waals surface area contributed by atoms with Gasteiger partial charge in [0.05, 0.1) is 13.7 Å². The molecule has 0 bridgehead atoms. The molecule has 0 saturated heterocycles. The van der Waals surface area contributed by atoms with Crippen molar-refractivity contribution in [3.8, 4) is 11.5 Å². The Labute approximate surface area is 115 Å². The van der Waals surface area contributed by atoms with Gasteiger partial charge in [0.15, 0.2) is 0 Å². The maximum atomic E-state index is 5.87. The summed E-state index contributed by atoms with van der Waals surface area (Å²) in [6, 6.07) is 6.74. The molecule has 104 valence electrons. The van der Waals surface area contributed by atoms with Gasteiger partial charge < -0.3 is 14.8 Å². The predicted octanol–water partition coefficient (Wildman–Crippen LogP) is 3.29. The lowest BCUT2D eigenvalue weighted by Crippen LogP contribution is -2.16. The van der Waals surface area contributed by atoms with E-state index in [1.165, 1.54) is 18.4 Å². The van der Waals surface area contributed by atoms with E-state index in [1.54, 1.807) is 7.11 Å². The van der Waals surface area contributed by atoms with Gasteiger partial charge in [0.2, 0.25) is 0 Å². The zero-order valence-electron chi connectivity index (χ0n) is 11.7. The Morgan fingerprint density at radius 2 is 2.26 bits per heavy atom. The summed E-state index contributed by atoms with van der Waals surface area (Å²) < 4.78 is 11.1. The first-order valence-corrected chi connectivity index (χ1v) is 6.97. The summed E-state index contributed by atoms with van der Waals surface area (Å²) in [5.41, 5.74) is 1.20. The largest absolute Gasteiger partial charge is 0.497 e. The van der Waals surface area contributed by atoms with Crippen molar-refractivity contribution in [2.24, 2.45) is 0 Å². The van der Waals surface area contributed by atoms with E-state index in [0.717, 1.165) is 37.5 Å². The molecule has 0 atom stereocenters. The van der Waals surface area contributed by atoms with Crippen molar-refractivity contribution >= 4 is 0 Å². The summed E-state index contributed by atoms with van der Waals surface area (Å²) >= 11 is 0. The first kappa shape index (κ1) is 13.9. The Kier molecular flexibility index (Phi) is 5.28. The molecule has 0 aromatic heterocycles. The van der Waals surface area contributed by atoms with Crippen molar-refractivity contribution in [1.82, 2.24) is 5.32 Å². The van der Waals surface area contributed by atoms with Crippen LogP contribution in [0.2, 0.25) is 0 Å². The first-order chi connectivity index (χ1) is 9.33. The lowest BCUT2D eigenvalue weighted by Gasteiger charge is -2.13. The molecule has 0 heterocycles. The number of benzene rings is 1. The SMILES string of the molecule is C=CCCCOc1cc(OC)ccc1CNC1CC1. The lowest BCUT2D eigenvalue weighted by molar-refractivity contribution is 0.305. The highest BCUT2D eigenvalue weighted by molar-refractivity contribution is 5.40. The van der Waals surface area contributed by atoms with Crippen LogP contribution in [0.25, 0.3) is 0 Å². The summed E-state index contributed by atoms with van der Waals surface area (Å²) in [6.45, 7) is 5.30. The summed E-state index contributed by atoms with van der Waals surface area (Å²) in [7, 11) is 1.68. The molecule has 1 N–H and O–H groups in total. The van der Waals surface area contributed by atoms with Gasteiger partial charge >= 0.3 is 0 Å². The minimum absolute atomic E-state index is 0.704. The van der Waals surface area contributed by atoms with Crippen molar-refractivity contribution in [2.75, 3.05) is 13.7 Å².